The summed E-state index contributed by atoms with van der Waals surface area (Å²) in [5.41, 5.74) is 6.90. The lowest BCUT2D eigenvalue weighted by molar-refractivity contribution is -0.113. The molecule has 1 amide bonds. The Bertz CT molecular complexity index is 619. The molecule has 2 aromatic carbocycles. The van der Waals surface area contributed by atoms with Crippen LogP contribution in [0.25, 0.3) is 0 Å². The third kappa shape index (κ3) is 4.25. The number of carbonyl (C=O) groups excluding carboxylic acids is 1. The van der Waals surface area contributed by atoms with Crippen molar-refractivity contribution in [2.24, 2.45) is 0 Å². The maximum Gasteiger partial charge on any atom is 0.234 e. The minimum atomic E-state index is -0.366. The second-order valence-electron chi connectivity index (χ2n) is 4.03. The molecule has 0 aliphatic carbocycles. The summed E-state index contributed by atoms with van der Waals surface area (Å²) < 4.78 is 14.0. The van der Waals surface area contributed by atoms with Crippen molar-refractivity contribution in [3.8, 4) is 0 Å². The largest absolute Gasteiger partial charge is 0.398 e. The number of hydrogen-bond donors (Lipinski definition) is 2. The predicted octanol–water partition coefficient (Wildman–Crippen LogP) is 3.90. The molecular weight excluding hydrogens is 343 g/mol. The predicted molar refractivity (Wildman–Crippen MR) is 84.3 cm³/mol. The summed E-state index contributed by atoms with van der Waals surface area (Å²) in [5, 5.41) is 2.76. The van der Waals surface area contributed by atoms with Crippen molar-refractivity contribution in [2.45, 2.75) is 4.90 Å². The van der Waals surface area contributed by atoms with Crippen LogP contribution in [0.2, 0.25) is 0 Å². The van der Waals surface area contributed by atoms with E-state index in [0.29, 0.717) is 16.3 Å². The van der Waals surface area contributed by atoms with Crippen LogP contribution in [0.15, 0.2) is 51.8 Å². The van der Waals surface area contributed by atoms with Gasteiger partial charge in [-0.05, 0) is 42.5 Å². The van der Waals surface area contributed by atoms with Crippen molar-refractivity contribution in [1.29, 1.82) is 0 Å². The lowest BCUT2D eigenvalue weighted by Crippen LogP contribution is -2.14. The summed E-state index contributed by atoms with van der Waals surface area (Å²) in [7, 11) is 0. The van der Waals surface area contributed by atoms with Gasteiger partial charge in [-0.15, -0.1) is 11.8 Å². The number of nitrogens with two attached hydrogens (primary N) is 1. The third-order valence-electron chi connectivity index (χ3n) is 2.46. The van der Waals surface area contributed by atoms with Gasteiger partial charge < -0.3 is 11.1 Å². The molecule has 0 saturated heterocycles. The topological polar surface area (TPSA) is 55.1 Å². The Kier molecular flexibility index (Phi) is 5.03. The van der Waals surface area contributed by atoms with Crippen molar-refractivity contribution in [3.05, 3.63) is 52.8 Å². The number of anilines is 2. The number of hydrogen-bond acceptors (Lipinski definition) is 3. The van der Waals surface area contributed by atoms with Crippen LogP contribution < -0.4 is 11.1 Å². The summed E-state index contributed by atoms with van der Waals surface area (Å²) in [5.74, 6) is -0.361. The van der Waals surface area contributed by atoms with Crippen molar-refractivity contribution in [1.82, 2.24) is 0 Å². The van der Waals surface area contributed by atoms with Gasteiger partial charge in [0.1, 0.15) is 5.82 Å². The Morgan fingerprint density at radius 1 is 1.25 bits per heavy atom. The Morgan fingerprint density at radius 3 is 2.65 bits per heavy atom. The molecule has 0 fully saturated rings. The molecule has 20 heavy (non-hydrogen) atoms. The molecule has 0 spiro atoms. The van der Waals surface area contributed by atoms with Crippen LogP contribution in [0, 0.1) is 5.82 Å². The van der Waals surface area contributed by atoms with Crippen molar-refractivity contribution >= 4 is 45.0 Å². The van der Waals surface area contributed by atoms with Crippen LogP contribution in [0.3, 0.4) is 0 Å². The molecule has 104 valence electrons. The van der Waals surface area contributed by atoms with Gasteiger partial charge in [0.25, 0.3) is 0 Å². The highest BCUT2D eigenvalue weighted by Crippen LogP contribution is 2.25. The Balaban J connectivity index is 1.92. The lowest BCUT2D eigenvalue weighted by atomic mass is 10.3. The molecule has 2 aromatic rings. The molecule has 0 aliphatic heterocycles. The van der Waals surface area contributed by atoms with E-state index in [9.17, 15) is 9.18 Å². The molecule has 0 aromatic heterocycles. The maximum atomic E-state index is 13.1. The normalized spacial score (nSPS) is 10.3. The van der Waals surface area contributed by atoms with Gasteiger partial charge in [0.15, 0.2) is 0 Å². The van der Waals surface area contributed by atoms with E-state index >= 15 is 0 Å². The molecule has 0 bridgehead atoms. The van der Waals surface area contributed by atoms with Crippen LogP contribution in [-0.2, 0) is 4.79 Å². The quantitative estimate of drug-likeness (QED) is 0.646. The molecular formula is C14H12BrFN2OS. The summed E-state index contributed by atoms with van der Waals surface area (Å²) >= 11 is 4.53. The number of thioether (sulfide) groups is 1. The first-order valence-corrected chi connectivity index (χ1v) is 7.56. The van der Waals surface area contributed by atoms with E-state index in [1.54, 1.807) is 12.1 Å². The number of amides is 1. The van der Waals surface area contributed by atoms with Crippen LogP contribution in [0.1, 0.15) is 0 Å². The SMILES string of the molecule is Nc1ccc(F)cc1SCC(=O)Nc1ccc(Br)cc1. The van der Waals surface area contributed by atoms with Crippen LogP contribution >= 0.6 is 27.7 Å². The number of carbonyl (C=O) groups is 1. The zero-order valence-electron chi connectivity index (χ0n) is 10.4. The molecule has 0 aliphatic rings. The first kappa shape index (κ1) is 14.9. The van der Waals surface area contributed by atoms with Gasteiger partial charge in [-0.1, -0.05) is 15.9 Å². The van der Waals surface area contributed by atoms with E-state index in [2.05, 4.69) is 21.2 Å². The van der Waals surface area contributed by atoms with Crippen LogP contribution in [-0.4, -0.2) is 11.7 Å². The molecule has 2 rings (SSSR count). The van der Waals surface area contributed by atoms with Gasteiger partial charge >= 0.3 is 0 Å². The molecule has 0 atom stereocenters. The number of nitrogens with one attached hydrogen (secondary N) is 1. The summed E-state index contributed by atoms with van der Waals surface area (Å²) in [4.78, 5) is 12.4. The van der Waals surface area contributed by atoms with Crippen molar-refractivity contribution in [2.75, 3.05) is 16.8 Å². The monoisotopic (exact) mass is 354 g/mol. The van der Waals surface area contributed by atoms with E-state index in [0.717, 1.165) is 4.47 Å². The molecule has 3 nitrogen and oxygen atoms in total. The number of rotatable bonds is 4. The second-order valence-corrected chi connectivity index (χ2v) is 5.96. The smallest absolute Gasteiger partial charge is 0.234 e. The van der Waals surface area contributed by atoms with E-state index < -0.39 is 0 Å². The minimum Gasteiger partial charge on any atom is -0.398 e. The molecule has 6 heteroatoms. The Hall–Kier alpha value is -1.53. The van der Waals surface area contributed by atoms with E-state index in [4.69, 9.17) is 5.73 Å². The van der Waals surface area contributed by atoms with Crippen molar-refractivity contribution < 1.29 is 9.18 Å². The highest BCUT2D eigenvalue weighted by atomic mass is 79.9. The highest BCUT2D eigenvalue weighted by molar-refractivity contribution is 9.10. The number of nitrogen functional groups attached to an aromatic ring is 1. The molecule has 0 heterocycles. The van der Waals surface area contributed by atoms with Gasteiger partial charge in [-0.25, -0.2) is 4.39 Å². The first-order valence-electron chi connectivity index (χ1n) is 5.78. The van der Waals surface area contributed by atoms with E-state index in [1.807, 2.05) is 12.1 Å². The van der Waals surface area contributed by atoms with Gasteiger partial charge in [0, 0.05) is 20.7 Å². The standard InChI is InChI=1S/C14H12BrFN2OS/c15-9-1-4-11(5-2-9)18-14(19)8-20-13-7-10(16)3-6-12(13)17/h1-7H,8,17H2,(H,18,19). The molecule has 0 saturated carbocycles. The minimum absolute atomic E-state index is 0.166. The average Bonchev–Trinajstić information content (AvgIpc) is 2.42. The van der Waals surface area contributed by atoms with Gasteiger partial charge in [-0.2, -0.15) is 0 Å². The summed E-state index contributed by atoms with van der Waals surface area (Å²) in [6, 6.07) is 11.4. The summed E-state index contributed by atoms with van der Waals surface area (Å²) in [6.07, 6.45) is 0. The molecule has 3 N–H and O–H groups in total. The molecule has 0 radical (unpaired) electrons. The number of halogens is 2. The third-order valence-corrected chi connectivity index (χ3v) is 4.06. The van der Waals surface area contributed by atoms with Crippen molar-refractivity contribution in [3.63, 3.8) is 0 Å². The fraction of sp³-hybridized carbons (Fsp3) is 0.0714. The van der Waals surface area contributed by atoms with Gasteiger partial charge in [0.2, 0.25) is 5.91 Å². The Labute approximate surface area is 128 Å². The van der Waals surface area contributed by atoms with E-state index in [1.165, 1.54) is 30.0 Å². The van der Waals surface area contributed by atoms with Gasteiger partial charge in [0.05, 0.1) is 5.75 Å². The van der Waals surface area contributed by atoms with Gasteiger partial charge in [-0.3, -0.25) is 4.79 Å². The summed E-state index contributed by atoms with van der Waals surface area (Å²) in [6.45, 7) is 0. The number of benzene rings is 2. The first-order chi connectivity index (χ1) is 9.54. The lowest BCUT2D eigenvalue weighted by Gasteiger charge is -2.07. The average molecular weight is 355 g/mol. The van der Waals surface area contributed by atoms with Crippen LogP contribution in [0.4, 0.5) is 15.8 Å². The molecule has 0 unspecified atom stereocenters. The zero-order chi connectivity index (χ0) is 14.5. The van der Waals surface area contributed by atoms with E-state index in [-0.39, 0.29) is 17.5 Å². The highest BCUT2D eigenvalue weighted by Gasteiger charge is 2.07. The second kappa shape index (κ2) is 6.76. The fourth-order valence-electron chi connectivity index (χ4n) is 1.51. The fourth-order valence-corrected chi connectivity index (χ4v) is 2.56. The maximum absolute atomic E-state index is 13.1. The Morgan fingerprint density at radius 2 is 1.95 bits per heavy atom. The van der Waals surface area contributed by atoms with Crippen LogP contribution in [0.5, 0.6) is 0 Å². The zero-order valence-corrected chi connectivity index (χ0v) is 12.8.